The van der Waals surface area contributed by atoms with Crippen LogP contribution in [0, 0.1) is 6.92 Å². The summed E-state index contributed by atoms with van der Waals surface area (Å²) < 4.78 is 30.1. The van der Waals surface area contributed by atoms with Crippen LogP contribution in [0.1, 0.15) is 16.7 Å². The molecule has 7 heteroatoms. The zero-order chi connectivity index (χ0) is 20.7. The Kier molecular flexibility index (Phi) is 6.41. The van der Waals surface area contributed by atoms with Gasteiger partial charge in [0.1, 0.15) is 4.90 Å². The summed E-state index contributed by atoms with van der Waals surface area (Å²) in [5.41, 5.74) is 4.86. The maximum absolute atomic E-state index is 12.4. The summed E-state index contributed by atoms with van der Waals surface area (Å²) in [6, 6.07) is 22.1. The first-order valence-corrected chi connectivity index (χ1v) is 10.3. The van der Waals surface area contributed by atoms with E-state index in [9.17, 15) is 13.2 Å². The van der Waals surface area contributed by atoms with Gasteiger partial charge in [0.2, 0.25) is 5.91 Å². The van der Waals surface area contributed by atoms with Crippen LogP contribution in [-0.2, 0) is 21.3 Å². The zero-order valence-corrected chi connectivity index (χ0v) is 16.6. The zero-order valence-electron chi connectivity index (χ0n) is 15.8. The van der Waals surface area contributed by atoms with Gasteiger partial charge in [-0.15, -0.1) is 0 Å². The normalized spacial score (nSPS) is 11.3. The fraction of sp³-hybridized carbons (Fsp3) is 0.0909. The van der Waals surface area contributed by atoms with E-state index in [-0.39, 0.29) is 23.0 Å². The molecule has 0 unspecified atom stereocenters. The van der Waals surface area contributed by atoms with Gasteiger partial charge in [-0.1, -0.05) is 60.2 Å². The molecule has 0 radical (unpaired) electrons. The SMILES string of the molecule is Cc1ccc(CC(=O)N/N=C\c2ccccc2OS(=O)(=O)c2ccccc2)cc1. The van der Waals surface area contributed by atoms with Crippen molar-refractivity contribution < 1.29 is 17.4 Å². The minimum absolute atomic E-state index is 0.0538. The van der Waals surface area contributed by atoms with Crippen molar-refractivity contribution in [3.63, 3.8) is 0 Å². The summed E-state index contributed by atoms with van der Waals surface area (Å²) in [7, 11) is -3.97. The van der Waals surface area contributed by atoms with Crippen LogP contribution in [0.3, 0.4) is 0 Å². The molecule has 0 aromatic heterocycles. The Morgan fingerprint density at radius 1 is 0.966 bits per heavy atom. The minimum Gasteiger partial charge on any atom is -0.378 e. The van der Waals surface area contributed by atoms with Crippen LogP contribution < -0.4 is 9.61 Å². The summed E-state index contributed by atoms with van der Waals surface area (Å²) in [5.74, 6) is -0.159. The number of para-hydroxylation sites is 1. The number of hydrazone groups is 1. The fourth-order valence-electron chi connectivity index (χ4n) is 2.52. The lowest BCUT2D eigenvalue weighted by Crippen LogP contribution is -2.19. The Labute approximate surface area is 170 Å². The molecule has 3 aromatic rings. The lowest BCUT2D eigenvalue weighted by molar-refractivity contribution is -0.120. The Morgan fingerprint density at radius 3 is 2.34 bits per heavy atom. The van der Waals surface area contributed by atoms with Crippen LogP contribution in [0.2, 0.25) is 0 Å². The maximum Gasteiger partial charge on any atom is 0.339 e. The van der Waals surface area contributed by atoms with Crippen LogP contribution in [-0.4, -0.2) is 20.5 Å². The highest BCUT2D eigenvalue weighted by Crippen LogP contribution is 2.21. The quantitative estimate of drug-likeness (QED) is 0.369. The van der Waals surface area contributed by atoms with Crippen molar-refractivity contribution in [2.24, 2.45) is 5.10 Å². The van der Waals surface area contributed by atoms with Gasteiger partial charge >= 0.3 is 10.1 Å². The summed E-state index contributed by atoms with van der Waals surface area (Å²) in [5, 5.41) is 3.92. The summed E-state index contributed by atoms with van der Waals surface area (Å²) in [6.45, 7) is 1.98. The number of carbonyl (C=O) groups is 1. The fourth-order valence-corrected chi connectivity index (χ4v) is 3.50. The van der Waals surface area contributed by atoms with E-state index in [1.165, 1.54) is 24.4 Å². The molecule has 3 aromatic carbocycles. The number of aryl methyl sites for hydroxylation is 1. The standard InChI is InChI=1S/C22H20N2O4S/c1-17-11-13-18(14-12-17)15-22(25)24-23-16-19-7-5-6-10-21(19)28-29(26,27)20-8-3-2-4-9-20/h2-14,16H,15H2,1H3,(H,24,25)/b23-16-. The third-order valence-electron chi connectivity index (χ3n) is 4.03. The van der Waals surface area contributed by atoms with Crippen LogP contribution in [0.4, 0.5) is 0 Å². The van der Waals surface area contributed by atoms with Gasteiger partial charge in [0, 0.05) is 5.56 Å². The third-order valence-corrected chi connectivity index (χ3v) is 5.28. The van der Waals surface area contributed by atoms with Crippen molar-refractivity contribution in [3.8, 4) is 5.75 Å². The molecule has 0 atom stereocenters. The molecule has 3 rings (SSSR count). The largest absolute Gasteiger partial charge is 0.378 e. The summed E-state index contributed by atoms with van der Waals surface area (Å²) in [6.07, 6.45) is 1.54. The molecule has 0 aliphatic rings. The second kappa shape index (κ2) is 9.16. The second-order valence-electron chi connectivity index (χ2n) is 6.34. The predicted molar refractivity (Wildman–Crippen MR) is 111 cm³/mol. The molecule has 1 N–H and O–H groups in total. The van der Waals surface area contributed by atoms with Gasteiger partial charge in [0.15, 0.2) is 5.75 Å². The van der Waals surface area contributed by atoms with E-state index >= 15 is 0 Å². The van der Waals surface area contributed by atoms with Crippen molar-refractivity contribution >= 4 is 22.2 Å². The van der Waals surface area contributed by atoms with E-state index < -0.39 is 10.1 Å². The Bertz CT molecular complexity index is 1110. The Balaban J connectivity index is 1.67. The van der Waals surface area contributed by atoms with Crippen LogP contribution in [0.15, 0.2) is 88.9 Å². The first kappa shape index (κ1) is 20.3. The molecule has 0 aliphatic heterocycles. The first-order chi connectivity index (χ1) is 13.9. The monoisotopic (exact) mass is 408 g/mol. The van der Waals surface area contributed by atoms with Gasteiger partial charge < -0.3 is 4.18 Å². The highest BCUT2D eigenvalue weighted by Gasteiger charge is 2.17. The first-order valence-electron chi connectivity index (χ1n) is 8.90. The maximum atomic E-state index is 12.4. The number of rotatable bonds is 7. The minimum atomic E-state index is -3.97. The van der Waals surface area contributed by atoms with Crippen molar-refractivity contribution in [2.75, 3.05) is 0 Å². The van der Waals surface area contributed by atoms with E-state index in [1.807, 2.05) is 31.2 Å². The Hall–Kier alpha value is -3.45. The van der Waals surface area contributed by atoms with E-state index in [2.05, 4.69) is 10.5 Å². The van der Waals surface area contributed by atoms with Gasteiger partial charge in [-0.25, -0.2) is 5.43 Å². The van der Waals surface area contributed by atoms with Gasteiger partial charge in [0.05, 0.1) is 12.6 Å². The molecule has 0 bridgehead atoms. The molecule has 0 heterocycles. The average Bonchev–Trinajstić information content (AvgIpc) is 2.71. The number of nitrogens with one attached hydrogen (secondary N) is 1. The molecule has 0 fully saturated rings. The smallest absolute Gasteiger partial charge is 0.339 e. The number of amides is 1. The third kappa shape index (κ3) is 5.76. The second-order valence-corrected chi connectivity index (χ2v) is 7.89. The molecule has 1 amide bonds. The topological polar surface area (TPSA) is 84.8 Å². The molecular formula is C22H20N2O4S. The van der Waals surface area contributed by atoms with Gasteiger partial charge in [-0.05, 0) is 36.8 Å². The van der Waals surface area contributed by atoms with Crippen molar-refractivity contribution in [3.05, 3.63) is 95.6 Å². The van der Waals surface area contributed by atoms with Crippen LogP contribution >= 0.6 is 0 Å². The van der Waals surface area contributed by atoms with E-state index in [4.69, 9.17) is 4.18 Å². The molecule has 0 aliphatic carbocycles. The van der Waals surface area contributed by atoms with E-state index in [1.54, 1.807) is 36.4 Å². The summed E-state index contributed by atoms with van der Waals surface area (Å²) in [4.78, 5) is 12.1. The summed E-state index contributed by atoms with van der Waals surface area (Å²) >= 11 is 0. The van der Waals surface area contributed by atoms with Crippen LogP contribution in [0.25, 0.3) is 0 Å². The molecule has 6 nitrogen and oxygen atoms in total. The molecule has 0 spiro atoms. The van der Waals surface area contributed by atoms with Gasteiger partial charge in [0.25, 0.3) is 0 Å². The molecule has 0 saturated heterocycles. The van der Waals surface area contributed by atoms with Gasteiger partial charge in [-0.3, -0.25) is 4.79 Å². The molecule has 29 heavy (non-hydrogen) atoms. The van der Waals surface area contributed by atoms with Crippen molar-refractivity contribution in [1.29, 1.82) is 0 Å². The predicted octanol–water partition coefficient (Wildman–Crippen LogP) is 3.46. The molecule has 0 saturated carbocycles. The van der Waals surface area contributed by atoms with Gasteiger partial charge in [-0.2, -0.15) is 13.5 Å². The molecular weight excluding hydrogens is 388 g/mol. The van der Waals surface area contributed by atoms with Crippen LogP contribution in [0.5, 0.6) is 5.75 Å². The number of benzene rings is 3. The van der Waals surface area contributed by atoms with Crippen molar-refractivity contribution in [1.82, 2.24) is 5.43 Å². The number of hydrogen-bond acceptors (Lipinski definition) is 5. The number of hydrogen-bond donors (Lipinski definition) is 1. The number of nitrogens with zero attached hydrogens (tertiary/aromatic N) is 1. The highest BCUT2D eigenvalue weighted by molar-refractivity contribution is 7.87. The highest BCUT2D eigenvalue weighted by atomic mass is 32.2. The lowest BCUT2D eigenvalue weighted by Gasteiger charge is -2.09. The molecule has 148 valence electrons. The van der Waals surface area contributed by atoms with E-state index in [0.717, 1.165) is 11.1 Å². The Morgan fingerprint density at radius 2 is 1.62 bits per heavy atom. The lowest BCUT2D eigenvalue weighted by atomic mass is 10.1. The van der Waals surface area contributed by atoms with Crippen molar-refractivity contribution in [2.45, 2.75) is 18.2 Å². The number of carbonyl (C=O) groups excluding carboxylic acids is 1. The average molecular weight is 408 g/mol. The van der Waals surface area contributed by atoms with E-state index in [0.29, 0.717) is 5.56 Å².